The maximum atomic E-state index is 11.8. The number of nitrogens with one attached hydrogen (secondary N) is 1. The van der Waals surface area contributed by atoms with E-state index < -0.39 is 11.9 Å². The van der Waals surface area contributed by atoms with Crippen molar-refractivity contribution >= 4 is 51.1 Å². The maximum Gasteiger partial charge on any atom is 0.315 e. The highest BCUT2D eigenvalue weighted by Gasteiger charge is 2.14. The van der Waals surface area contributed by atoms with Crippen LogP contribution in [-0.4, -0.2) is 38.2 Å². The summed E-state index contributed by atoms with van der Waals surface area (Å²) in [5.74, 6) is 0.585. The Kier molecular flexibility index (Phi) is 6.40. The van der Waals surface area contributed by atoms with Crippen LogP contribution in [0.3, 0.4) is 0 Å². The molecule has 0 aliphatic carbocycles. The van der Waals surface area contributed by atoms with Crippen molar-refractivity contribution in [3.8, 4) is 0 Å². The largest absolute Gasteiger partial charge is 0.466 e. The Labute approximate surface area is 164 Å². The number of ether oxygens (including phenoxy) is 1. The number of hydrogen-bond acceptors (Lipinski definition) is 8. The van der Waals surface area contributed by atoms with Gasteiger partial charge in [-0.1, -0.05) is 35.2 Å². The third-order valence-corrected chi connectivity index (χ3v) is 5.61. The summed E-state index contributed by atoms with van der Waals surface area (Å²) in [5, 5.41) is 10.9. The van der Waals surface area contributed by atoms with E-state index in [0.29, 0.717) is 10.9 Å². The minimum absolute atomic E-state index is 0.244. The van der Waals surface area contributed by atoms with Crippen molar-refractivity contribution < 1.29 is 14.3 Å². The quantitative estimate of drug-likeness (QED) is 0.266. The molecule has 27 heavy (non-hydrogen) atoms. The second kappa shape index (κ2) is 8.96. The molecule has 1 amide bonds. The number of esters is 1. The number of thioether (sulfide) groups is 1. The number of nitrogens with zero attached hydrogens (tertiary/aromatic N) is 4. The summed E-state index contributed by atoms with van der Waals surface area (Å²) in [6.07, 6.45) is -0.337. The fourth-order valence-electron chi connectivity index (χ4n) is 2.54. The SMILES string of the molecule is CCOC(=O)CC(=O)Nc1nnc(SCc2nc3ccccc3n2CC)s1. The Morgan fingerprint density at radius 2 is 2.07 bits per heavy atom. The molecule has 3 aromatic rings. The molecule has 1 N–H and O–H groups in total. The second-order valence-corrected chi connectivity index (χ2v) is 7.65. The monoisotopic (exact) mass is 405 g/mol. The molecule has 2 aromatic heterocycles. The van der Waals surface area contributed by atoms with E-state index in [-0.39, 0.29) is 13.0 Å². The van der Waals surface area contributed by atoms with E-state index in [4.69, 9.17) is 4.74 Å². The number of fused-ring (bicyclic) bond motifs is 1. The van der Waals surface area contributed by atoms with Crippen molar-refractivity contribution in [1.82, 2.24) is 19.7 Å². The van der Waals surface area contributed by atoms with E-state index in [0.717, 1.165) is 27.7 Å². The van der Waals surface area contributed by atoms with Gasteiger partial charge in [0, 0.05) is 6.54 Å². The average molecular weight is 406 g/mol. The number of anilines is 1. The first-order chi connectivity index (χ1) is 13.1. The fourth-order valence-corrected chi connectivity index (χ4v) is 4.25. The molecule has 0 aliphatic rings. The Bertz CT molecular complexity index is 953. The Morgan fingerprint density at radius 3 is 2.85 bits per heavy atom. The summed E-state index contributed by atoms with van der Waals surface area (Å²) in [6, 6.07) is 8.03. The van der Waals surface area contributed by atoms with Gasteiger partial charge in [0.05, 0.1) is 23.4 Å². The van der Waals surface area contributed by atoms with Crippen LogP contribution >= 0.6 is 23.1 Å². The zero-order valence-electron chi connectivity index (χ0n) is 15.0. The van der Waals surface area contributed by atoms with E-state index in [2.05, 4.69) is 38.1 Å². The minimum atomic E-state index is -0.562. The van der Waals surface area contributed by atoms with Crippen LogP contribution in [-0.2, 0) is 26.6 Å². The molecule has 0 bridgehead atoms. The van der Waals surface area contributed by atoms with Crippen LogP contribution in [0.4, 0.5) is 5.13 Å². The molecule has 0 saturated carbocycles. The number of rotatable bonds is 8. The molecular weight excluding hydrogens is 386 g/mol. The van der Waals surface area contributed by atoms with Crippen molar-refractivity contribution in [3.05, 3.63) is 30.1 Å². The van der Waals surface area contributed by atoms with Gasteiger partial charge in [-0.3, -0.25) is 14.9 Å². The molecule has 8 nitrogen and oxygen atoms in total. The summed E-state index contributed by atoms with van der Waals surface area (Å²) in [4.78, 5) is 27.8. The lowest BCUT2D eigenvalue weighted by Crippen LogP contribution is -2.18. The zero-order valence-corrected chi connectivity index (χ0v) is 16.6. The molecule has 0 atom stereocenters. The number of carbonyl (C=O) groups is 2. The van der Waals surface area contributed by atoms with Gasteiger partial charge in [-0.2, -0.15) is 0 Å². The van der Waals surface area contributed by atoms with Gasteiger partial charge < -0.3 is 9.30 Å². The van der Waals surface area contributed by atoms with Gasteiger partial charge in [-0.05, 0) is 26.0 Å². The van der Waals surface area contributed by atoms with Crippen molar-refractivity contribution in [2.75, 3.05) is 11.9 Å². The highest BCUT2D eigenvalue weighted by atomic mass is 32.2. The van der Waals surface area contributed by atoms with Gasteiger partial charge >= 0.3 is 5.97 Å². The van der Waals surface area contributed by atoms with E-state index in [1.807, 2.05) is 18.2 Å². The van der Waals surface area contributed by atoms with Gasteiger partial charge in [0.25, 0.3) is 0 Å². The molecule has 0 radical (unpaired) electrons. The number of para-hydroxylation sites is 2. The summed E-state index contributed by atoms with van der Waals surface area (Å²) in [6.45, 7) is 4.86. The van der Waals surface area contributed by atoms with Crippen LogP contribution in [0.1, 0.15) is 26.1 Å². The van der Waals surface area contributed by atoms with Gasteiger partial charge in [-0.15, -0.1) is 10.2 Å². The smallest absolute Gasteiger partial charge is 0.315 e. The van der Waals surface area contributed by atoms with E-state index in [9.17, 15) is 9.59 Å². The third kappa shape index (κ3) is 4.83. The number of hydrogen-bond donors (Lipinski definition) is 1. The fraction of sp³-hybridized carbons (Fsp3) is 0.353. The Hall–Kier alpha value is -2.46. The lowest BCUT2D eigenvalue weighted by Gasteiger charge is -2.04. The van der Waals surface area contributed by atoms with E-state index in [1.54, 1.807) is 6.92 Å². The number of carbonyl (C=O) groups excluding carboxylic acids is 2. The molecule has 3 rings (SSSR count). The Morgan fingerprint density at radius 1 is 1.26 bits per heavy atom. The topological polar surface area (TPSA) is 99.0 Å². The van der Waals surface area contributed by atoms with Crippen LogP contribution in [0.5, 0.6) is 0 Å². The summed E-state index contributed by atoms with van der Waals surface area (Å²) in [5.41, 5.74) is 2.08. The standard InChI is InChI=1S/C17H19N5O3S2/c1-3-22-12-8-6-5-7-11(12)18-13(22)10-26-17-21-20-16(27-17)19-14(23)9-15(24)25-4-2/h5-8H,3-4,9-10H2,1-2H3,(H,19,20,23). The summed E-state index contributed by atoms with van der Waals surface area (Å²) >= 11 is 2.77. The maximum absolute atomic E-state index is 11.8. The molecule has 1 aromatic carbocycles. The number of amides is 1. The lowest BCUT2D eigenvalue weighted by atomic mass is 10.3. The summed E-state index contributed by atoms with van der Waals surface area (Å²) < 4.78 is 7.63. The molecule has 10 heteroatoms. The lowest BCUT2D eigenvalue weighted by molar-refractivity contribution is -0.145. The van der Waals surface area contributed by atoms with Crippen molar-refractivity contribution in [2.45, 2.75) is 36.9 Å². The molecular formula is C17H19N5O3S2. The Balaban J connectivity index is 1.60. The molecule has 0 unspecified atom stereocenters. The molecule has 2 heterocycles. The van der Waals surface area contributed by atoms with Crippen molar-refractivity contribution in [1.29, 1.82) is 0 Å². The molecule has 0 aliphatic heterocycles. The van der Waals surface area contributed by atoms with Crippen LogP contribution in [0, 0.1) is 0 Å². The molecule has 0 fully saturated rings. The van der Waals surface area contributed by atoms with Crippen LogP contribution in [0.2, 0.25) is 0 Å². The first-order valence-corrected chi connectivity index (χ1v) is 10.3. The first kappa shape index (κ1) is 19.3. The summed E-state index contributed by atoms with van der Waals surface area (Å²) in [7, 11) is 0. The highest BCUT2D eigenvalue weighted by molar-refractivity contribution is 8.00. The predicted octanol–water partition coefficient (Wildman–Crippen LogP) is 3.09. The minimum Gasteiger partial charge on any atom is -0.466 e. The van der Waals surface area contributed by atoms with Crippen LogP contribution in [0.25, 0.3) is 11.0 Å². The van der Waals surface area contributed by atoms with E-state index >= 15 is 0 Å². The van der Waals surface area contributed by atoms with Gasteiger partial charge in [0.15, 0.2) is 4.34 Å². The number of imidazole rings is 1. The molecule has 0 saturated heterocycles. The van der Waals surface area contributed by atoms with E-state index in [1.165, 1.54) is 23.1 Å². The van der Waals surface area contributed by atoms with Crippen molar-refractivity contribution in [2.24, 2.45) is 0 Å². The van der Waals surface area contributed by atoms with Gasteiger partial charge in [-0.25, -0.2) is 4.98 Å². The molecule has 142 valence electrons. The third-order valence-electron chi connectivity index (χ3n) is 3.64. The average Bonchev–Trinajstić information content (AvgIpc) is 3.23. The predicted molar refractivity (Wildman–Crippen MR) is 105 cm³/mol. The second-order valence-electron chi connectivity index (χ2n) is 5.45. The van der Waals surface area contributed by atoms with Crippen LogP contribution in [0.15, 0.2) is 28.6 Å². The number of aryl methyl sites for hydroxylation is 1. The molecule has 0 spiro atoms. The first-order valence-electron chi connectivity index (χ1n) is 8.46. The number of benzene rings is 1. The number of aromatic nitrogens is 4. The normalized spacial score (nSPS) is 10.9. The van der Waals surface area contributed by atoms with Gasteiger partial charge in [0.2, 0.25) is 11.0 Å². The van der Waals surface area contributed by atoms with Crippen molar-refractivity contribution in [3.63, 3.8) is 0 Å². The zero-order chi connectivity index (χ0) is 19.2. The van der Waals surface area contributed by atoms with Crippen LogP contribution < -0.4 is 5.32 Å². The highest BCUT2D eigenvalue weighted by Crippen LogP contribution is 2.29. The van der Waals surface area contributed by atoms with Gasteiger partial charge in [0.1, 0.15) is 12.2 Å².